The molecule has 0 aromatic heterocycles. The number of hydrogen-bond donors (Lipinski definition) is 2. The highest BCUT2D eigenvalue weighted by molar-refractivity contribution is 5.96. The minimum Gasteiger partial charge on any atom is -0.481 e. The largest absolute Gasteiger partial charge is 0.481 e. The molecule has 0 aliphatic rings. The number of rotatable bonds is 12. The normalized spacial score (nSPS) is 13.2. The van der Waals surface area contributed by atoms with Gasteiger partial charge in [-0.3, -0.25) is 14.4 Å². The molecule has 8 nitrogen and oxygen atoms in total. The molecule has 1 unspecified atom stereocenters. The molecule has 0 aliphatic heterocycles. The molecule has 1 atom stereocenters. The maximum atomic E-state index is 12.7. The van der Waals surface area contributed by atoms with E-state index in [-0.39, 0.29) is 19.4 Å². The molecule has 2 N–H and O–H groups in total. The SMILES string of the molecule is C=CCOC(CC(=O)O)(C(=O)O)C(CC=C)(CC=C)C(=O)OC(C)=O. The van der Waals surface area contributed by atoms with Gasteiger partial charge in [-0.1, -0.05) is 18.2 Å². The van der Waals surface area contributed by atoms with Crippen LogP contribution in [0.5, 0.6) is 0 Å². The summed E-state index contributed by atoms with van der Waals surface area (Å²) >= 11 is 0. The molecule has 0 rings (SSSR count). The topological polar surface area (TPSA) is 127 Å². The molecule has 0 heterocycles. The standard InChI is InChI=1S/C17H22O8/c1-5-8-16(9-6-2,15(23)25-12(4)18)17(14(21)22,11-13(19)20)24-10-7-3/h5-7H,1-3,8-11H2,4H3,(H,19,20)(H,21,22). The van der Waals surface area contributed by atoms with Crippen LogP contribution in [0.25, 0.3) is 0 Å². The second-order valence-corrected chi connectivity index (χ2v) is 5.25. The van der Waals surface area contributed by atoms with Gasteiger partial charge >= 0.3 is 23.9 Å². The fourth-order valence-corrected chi connectivity index (χ4v) is 2.58. The van der Waals surface area contributed by atoms with E-state index in [0.717, 1.165) is 6.92 Å². The van der Waals surface area contributed by atoms with Crippen LogP contribution in [-0.2, 0) is 28.7 Å². The van der Waals surface area contributed by atoms with Gasteiger partial charge in [-0.15, -0.1) is 19.7 Å². The van der Waals surface area contributed by atoms with E-state index in [2.05, 4.69) is 24.5 Å². The maximum Gasteiger partial charge on any atom is 0.337 e. The van der Waals surface area contributed by atoms with E-state index in [1.807, 2.05) is 0 Å². The van der Waals surface area contributed by atoms with Gasteiger partial charge in [0.1, 0.15) is 5.41 Å². The third-order valence-electron chi connectivity index (χ3n) is 3.58. The van der Waals surface area contributed by atoms with Gasteiger partial charge in [0.15, 0.2) is 5.60 Å². The predicted octanol–water partition coefficient (Wildman–Crippen LogP) is 1.72. The van der Waals surface area contributed by atoms with Crippen molar-refractivity contribution in [1.82, 2.24) is 0 Å². The first kappa shape index (κ1) is 22.3. The van der Waals surface area contributed by atoms with Crippen molar-refractivity contribution in [1.29, 1.82) is 0 Å². The zero-order valence-electron chi connectivity index (χ0n) is 14.0. The van der Waals surface area contributed by atoms with E-state index >= 15 is 0 Å². The van der Waals surface area contributed by atoms with E-state index in [0.29, 0.717) is 0 Å². The minimum absolute atomic E-state index is 0.318. The van der Waals surface area contributed by atoms with Crippen LogP contribution in [0.15, 0.2) is 38.0 Å². The Morgan fingerprint density at radius 3 is 1.84 bits per heavy atom. The first-order valence-corrected chi connectivity index (χ1v) is 7.28. The van der Waals surface area contributed by atoms with Gasteiger partial charge in [0.25, 0.3) is 0 Å². The Labute approximate surface area is 145 Å². The van der Waals surface area contributed by atoms with Crippen LogP contribution in [-0.4, -0.2) is 46.3 Å². The van der Waals surface area contributed by atoms with Crippen molar-refractivity contribution in [3.05, 3.63) is 38.0 Å². The number of allylic oxidation sites excluding steroid dienone is 2. The summed E-state index contributed by atoms with van der Waals surface area (Å²) in [7, 11) is 0. The fourth-order valence-electron chi connectivity index (χ4n) is 2.58. The quantitative estimate of drug-likeness (QED) is 0.308. The van der Waals surface area contributed by atoms with Crippen LogP contribution in [0.2, 0.25) is 0 Å². The Hall–Kier alpha value is -2.74. The van der Waals surface area contributed by atoms with Gasteiger partial charge in [0.2, 0.25) is 0 Å². The lowest BCUT2D eigenvalue weighted by atomic mass is 9.65. The Balaban J connectivity index is 6.67. The molecule has 0 spiro atoms. The lowest BCUT2D eigenvalue weighted by Gasteiger charge is -2.43. The molecular formula is C17H22O8. The highest BCUT2D eigenvalue weighted by Crippen LogP contribution is 2.46. The number of carbonyl (C=O) groups is 4. The number of carboxylic acid groups (broad SMARTS) is 2. The number of carboxylic acids is 2. The molecular weight excluding hydrogens is 332 g/mol. The zero-order chi connectivity index (χ0) is 19.7. The molecule has 0 bridgehead atoms. The Kier molecular flexibility index (Phi) is 8.49. The lowest BCUT2D eigenvalue weighted by Crippen LogP contribution is -2.61. The Morgan fingerprint density at radius 1 is 1.00 bits per heavy atom. The molecule has 0 saturated carbocycles. The van der Waals surface area contributed by atoms with E-state index in [1.165, 1.54) is 18.2 Å². The van der Waals surface area contributed by atoms with E-state index in [9.17, 15) is 29.4 Å². The molecule has 0 aliphatic carbocycles. The summed E-state index contributed by atoms with van der Waals surface area (Å²) in [6.07, 6.45) is 1.97. The Bertz CT molecular complexity index is 567. The summed E-state index contributed by atoms with van der Waals surface area (Å²) in [6.45, 7) is 11.0. The molecule has 25 heavy (non-hydrogen) atoms. The van der Waals surface area contributed by atoms with Crippen LogP contribution >= 0.6 is 0 Å². The molecule has 0 radical (unpaired) electrons. The molecule has 0 aromatic carbocycles. The summed E-state index contributed by atoms with van der Waals surface area (Å²) in [5.74, 6) is -5.41. The molecule has 0 fully saturated rings. The van der Waals surface area contributed by atoms with Crippen molar-refractivity contribution < 1.29 is 38.9 Å². The predicted molar refractivity (Wildman–Crippen MR) is 87.6 cm³/mol. The van der Waals surface area contributed by atoms with E-state index < -0.39 is 41.3 Å². The van der Waals surface area contributed by atoms with Gasteiger partial charge in [-0.05, 0) is 12.8 Å². The van der Waals surface area contributed by atoms with E-state index in [1.54, 1.807) is 0 Å². The number of esters is 2. The lowest BCUT2D eigenvalue weighted by molar-refractivity contribution is -0.205. The Morgan fingerprint density at radius 2 is 1.52 bits per heavy atom. The van der Waals surface area contributed by atoms with Crippen LogP contribution < -0.4 is 0 Å². The van der Waals surface area contributed by atoms with Crippen molar-refractivity contribution in [2.75, 3.05) is 6.61 Å². The second-order valence-electron chi connectivity index (χ2n) is 5.25. The second kappa shape index (κ2) is 9.53. The summed E-state index contributed by atoms with van der Waals surface area (Å²) < 4.78 is 9.92. The van der Waals surface area contributed by atoms with Crippen molar-refractivity contribution in [2.24, 2.45) is 5.41 Å². The van der Waals surface area contributed by atoms with Crippen LogP contribution in [0.1, 0.15) is 26.2 Å². The average molecular weight is 354 g/mol. The third-order valence-corrected chi connectivity index (χ3v) is 3.58. The summed E-state index contributed by atoms with van der Waals surface area (Å²) in [5.41, 5.74) is -4.59. The van der Waals surface area contributed by atoms with E-state index in [4.69, 9.17) is 4.74 Å². The van der Waals surface area contributed by atoms with Crippen LogP contribution in [0, 0.1) is 5.41 Å². The number of ether oxygens (including phenoxy) is 2. The van der Waals surface area contributed by atoms with Gasteiger partial charge in [-0.2, -0.15) is 0 Å². The van der Waals surface area contributed by atoms with Crippen molar-refractivity contribution in [3.8, 4) is 0 Å². The molecule has 0 aromatic rings. The first-order chi connectivity index (χ1) is 11.6. The number of carbonyl (C=O) groups excluding carboxylic acids is 2. The number of hydrogen-bond acceptors (Lipinski definition) is 6. The minimum atomic E-state index is -2.53. The summed E-state index contributed by atoms with van der Waals surface area (Å²) in [4.78, 5) is 47.3. The summed E-state index contributed by atoms with van der Waals surface area (Å²) in [6, 6.07) is 0. The highest BCUT2D eigenvalue weighted by atomic mass is 16.6. The van der Waals surface area contributed by atoms with Gasteiger partial charge in [0, 0.05) is 6.92 Å². The fraction of sp³-hybridized carbons (Fsp3) is 0.412. The third kappa shape index (κ3) is 4.87. The van der Waals surface area contributed by atoms with Crippen LogP contribution in [0.3, 0.4) is 0 Å². The molecule has 138 valence electrons. The van der Waals surface area contributed by atoms with Crippen molar-refractivity contribution >= 4 is 23.9 Å². The molecule has 0 saturated heterocycles. The van der Waals surface area contributed by atoms with Crippen molar-refractivity contribution in [2.45, 2.75) is 31.8 Å². The zero-order valence-corrected chi connectivity index (χ0v) is 14.0. The first-order valence-electron chi connectivity index (χ1n) is 7.28. The average Bonchev–Trinajstić information content (AvgIpc) is 2.49. The molecule has 0 amide bonds. The van der Waals surface area contributed by atoms with Gasteiger partial charge in [-0.25, -0.2) is 4.79 Å². The maximum absolute atomic E-state index is 12.7. The highest BCUT2D eigenvalue weighted by Gasteiger charge is 2.63. The van der Waals surface area contributed by atoms with Gasteiger partial charge < -0.3 is 19.7 Å². The summed E-state index contributed by atoms with van der Waals surface area (Å²) in [5, 5.41) is 19.0. The number of aliphatic carboxylic acids is 2. The van der Waals surface area contributed by atoms with Crippen LogP contribution in [0.4, 0.5) is 0 Å². The monoisotopic (exact) mass is 354 g/mol. The van der Waals surface area contributed by atoms with Crippen molar-refractivity contribution in [3.63, 3.8) is 0 Å². The molecule has 8 heteroatoms. The van der Waals surface area contributed by atoms with Gasteiger partial charge in [0.05, 0.1) is 13.0 Å². The smallest absolute Gasteiger partial charge is 0.337 e.